The van der Waals surface area contributed by atoms with Gasteiger partial charge >= 0.3 is 6.18 Å². The lowest BCUT2D eigenvalue weighted by Crippen LogP contribution is -2.12. The number of hydrogen-bond acceptors (Lipinski definition) is 3. The molecule has 0 aliphatic carbocycles. The zero-order valence-electron chi connectivity index (χ0n) is 10.2. The van der Waals surface area contributed by atoms with E-state index in [1.807, 2.05) is 6.92 Å². The van der Waals surface area contributed by atoms with Gasteiger partial charge in [-0.2, -0.15) is 13.2 Å². The fourth-order valence-electron chi connectivity index (χ4n) is 1.61. The van der Waals surface area contributed by atoms with Crippen molar-refractivity contribution in [2.75, 3.05) is 5.32 Å². The monoisotopic (exact) mass is 267 g/mol. The summed E-state index contributed by atoms with van der Waals surface area (Å²) >= 11 is 0. The van der Waals surface area contributed by atoms with Crippen LogP contribution in [0.4, 0.5) is 19.1 Å². The molecule has 100 valence electrons. The normalized spacial score (nSPS) is 11.4. The van der Waals surface area contributed by atoms with Crippen molar-refractivity contribution in [3.05, 3.63) is 53.3 Å². The molecule has 1 aromatic carbocycles. The highest BCUT2D eigenvalue weighted by Gasteiger charge is 2.32. The van der Waals surface area contributed by atoms with Crippen LogP contribution in [0.15, 0.2) is 36.7 Å². The Bertz CT molecular complexity index is 550. The lowest BCUT2D eigenvalue weighted by molar-refractivity contribution is -0.138. The molecule has 1 N–H and O–H groups in total. The minimum Gasteiger partial charge on any atom is -0.350 e. The lowest BCUT2D eigenvalue weighted by atomic mass is 10.1. The number of hydrogen-bond donors (Lipinski definition) is 1. The van der Waals surface area contributed by atoms with E-state index in [0.29, 0.717) is 5.95 Å². The van der Waals surface area contributed by atoms with Gasteiger partial charge in [0.1, 0.15) is 0 Å². The van der Waals surface area contributed by atoms with Gasteiger partial charge in [0.05, 0.1) is 5.56 Å². The molecule has 19 heavy (non-hydrogen) atoms. The van der Waals surface area contributed by atoms with Crippen LogP contribution >= 0.6 is 0 Å². The van der Waals surface area contributed by atoms with Gasteiger partial charge in [0, 0.05) is 18.9 Å². The van der Waals surface area contributed by atoms with E-state index in [0.717, 1.165) is 11.6 Å². The van der Waals surface area contributed by atoms with E-state index in [2.05, 4.69) is 15.3 Å². The van der Waals surface area contributed by atoms with Crippen LogP contribution in [0.2, 0.25) is 0 Å². The molecule has 6 heteroatoms. The van der Waals surface area contributed by atoms with Crippen LogP contribution in [0.1, 0.15) is 16.7 Å². The molecule has 2 aromatic rings. The first-order chi connectivity index (χ1) is 8.97. The zero-order chi connectivity index (χ0) is 13.9. The van der Waals surface area contributed by atoms with Crippen molar-refractivity contribution >= 4 is 5.95 Å². The summed E-state index contributed by atoms with van der Waals surface area (Å²) in [6.45, 7) is 1.86. The molecular weight excluding hydrogens is 255 g/mol. The summed E-state index contributed by atoms with van der Waals surface area (Å²) in [5.41, 5.74) is 0.412. The molecule has 0 saturated heterocycles. The van der Waals surface area contributed by atoms with Gasteiger partial charge in [-0.3, -0.25) is 0 Å². The second-order valence-corrected chi connectivity index (χ2v) is 4.09. The van der Waals surface area contributed by atoms with Crippen molar-refractivity contribution in [2.45, 2.75) is 19.6 Å². The Morgan fingerprint density at radius 3 is 2.37 bits per heavy atom. The van der Waals surface area contributed by atoms with Crippen molar-refractivity contribution in [2.24, 2.45) is 0 Å². The van der Waals surface area contributed by atoms with E-state index >= 15 is 0 Å². The molecule has 2 rings (SSSR count). The van der Waals surface area contributed by atoms with Crippen LogP contribution in [-0.4, -0.2) is 9.97 Å². The van der Waals surface area contributed by atoms with E-state index < -0.39 is 11.7 Å². The molecule has 0 spiro atoms. The van der Waals surface area contributed by atoms with Gasteiger partial charge in [0.25, 0.3) is 0 Å². The van der Waals surface area contributed by atoms with Crippen LogP contribution < -0.4 is 5.32 Å². The first kappa shape index (κ1) is 13.3. The van der Waals surface area contributed by atoms with Crippen molar-refractivity contribution in [1.82, 2.24) is 9.97 Å². The van der Waals surface area contributed by atoms with Gasteiger partial charge in [-0.05, 0) is 24.1 Å². The van der Waals surface area contributed by atoms with Crippen LogP contribution in [0.5, 0.6) is 0 Å². The number of halogens is 3. The van der Waals surface area contributed by atoms with Gasteiger partial charge in [-0.25, -0.2) is 9.97 Å². The number of aromatic nitrogens is 2. The third-order valence-electron chi connectivity index (χ3n) is 2.54. The van der Waals surface area contributed by atoms with Gasteiger partial charge in [0.2, 0.25) is 5.95 Å². The van der Waals surface area contributed by atoms with E-state index in [9.17, 15) is 13.2 Å². The van der Waals surface area contributed by atoms with Crippen molar-refractivity contribution in [1.29, 1.82) is 0 Å². The van der Waals surface area contributed by atoms with E-state index in [1.54, 1.807) is 18.5 Å². The average molecular weight is 267 g/mol. The summed E-state index contributed by atoms with van der Waals surface area (Å²) < 4.78 is 38.3. The van der Waals surface area contributed by atoms with Gasteiger partial charge in [-0.15, -0.1) is 0 Å². The Kier molecular flexibility index (Phi) is 3.69. The highest BCUT2D eigenvalue weighted by Crippen LogP contribution is 2.31. The van der Waals surface area contributed by atoms with E-state index in [4.69, 9.17) is 0 Å². The van der Waals surface area contributed by atoms with Crippen LogP contribution in [0.25, 0.3) is 0 Å². The number of aryl methyl sites for hydroxylation is 1. The van der Waals surface area contributed by atoms with Crippen molar-refractivity contribution in [3.63, 3.8) is 0 Å². The fourth-order valence-corrected chi connectivity index (χ4v) is 1.61. The smallest absolute Gasteiger partial charge is 0.350 e. The zero-order valence-corrected chi connectivity index (χ0v) is 10.2. The molecule has 0 bridgehead atoms. The number of nitrogens with zero attached hydrogens (tertiary/aromatic N) is 2. The number of benzene rings is 1. The molecule has 0 amide bonds. The molecule has 0 saturated carbocycles. The molecule has 0 aliphatic heterocycles. The number of anilines is 1. The van der Waals surface area contributed by atoms with Crippen LogP contribution in [0, 0.1) is 6.92 Å². The summed E-state index contributed by atoms with van der Waals surface area (Å²) in [7, 11) is 0. The molecule has 0 radical (unpaired) electrons. The molecule has 1 heterocycles. The fraction of sp³-hybridized carbons (Fsp3) is 0.231. The first-order valence-electron chi connectivity index (χ1n) is 5.64. The Morgan fingerprint density at radius 1 is 1.11 bits per heavy atom. The van der Waals surface area contributed by atoms with Crippen LogP contribution in [0.3, 0.4) is 0 Å². The first-order valence-corrected chi connectivity index (χ1v) is 5.64. The molecule has 0 atom stereocenters. The maximum absolute atomic E-state index is 12.8. The SMILES string of the molecule is Cc1cnc(NCc2ccccc2C(F)(F)F)nc1. The van der Waals surface area contributed by atoms with E-state index in [-0.39, 0.29) is 12.1 Å². The Hall–Kier alpha value is -2.11. The molecule has 1 aromatic heterocycles. The predicted octanol–water partition coefficient (Wildman–Crippen LogP) is 3.42. The van der Waals surface area contributed by atoms with Gasteiger partial charge in [0.15, 0.2) is 0 Å². The number of nitrogens with one attached hydrogen (secondary N) is 1. The Morgan fingerprint density at radius 2 is 1.74 bits per heavy atom. The average Bonchev–Trinajstić information content (AvgIpc) is 2.37. The quantitative estimate of drug-likeness (QED) is 0.926. The third-order valence-corrected chi connectivity index (χ3v) is 2.54. The molecular formula is C13H12F3N3. The highest BCUT2D eigenvalue weighted by atomic mass is 19.4. The van der Waals surface area contributed by atoms with Crippen molar-refractivity contribution in [3.8, 4) is 0 Å². The van der Waals surface area contributed by atoms with Crippen molar-refractivity contribution < 1.29 is 13.2 Å². The number of alkyl halides is 3. The highest BCUT2D eigenvalue weighted by molar-refractivity contribution is 5.34. The second-order valence-electron chi connectivity index (χ2n) is 4.09. The van der Waals surface area contributed by atoms with E-state index in [1.165, 1.54) is 12.1 Å². The van der Waals surface area contributed by atoms with Gasteiger partial charge < -0.3 is 5.32 Å². The molecule has 0 aliphatic rings. The number of rotatable bonds is 3. The maximum Gasteiger partial charge on any atom is 0.416 e. The topological polar surface area (TPSA) is 37.8 Å². The molecule has 0 fully saturated rings. The summed E-state index contributed by atoms with van der Waals surface area (Å²) in [6, 6.07) is 5.44. The maximum atomic E-state index is 12.8. The minimum absolute atomic E-state index is 0.0265. The summed E-state index contributed by atoms with van der Waals surface area (Å²) in [6.07, 6.45) is -1.15. The van der Waals surface area contributed by atoms with Gasteiger partial charge in [-0.1, -0.05) is 18.2 Å². The Labute approximate surface area is 108 Å². The summed E-state index contributed by atoms with van der Waals surface area (Å²) in [5, 5.41) is 2.78. The van der Waals surface area contributed by atoms with Crippen LogP contribution in [-0.2, 0) is 12.7 Å². The largest absolute Gasteiger partial charge is 0.416 e. The summed E-state index contributed by atoms with van der Waals surface area (Å²) in [5.74, 6) is 0.308. The summed E-state index contributed by atoms with van der Waals surface area (Å²) in [4.78, 5) is 7.96. The lowest BCUT2D eigenvalue weighted by Gasteiger charge is -2.13. The molecule has 3 nitrogen and oxygen atoms in total. The predicted molar refractivity (Wildman–Crippen MR) is 65.5 cm³/mol. The third kappa shape index (κ3) is 3.43. The second kappa shape index (κ2) is 5.26. The standard InChI is InChI=1S/C13H12F3N3/c1-9-6-17-12(18-7-9)19-8-10-4-2-3-5-11(10)13(14,15)16/h2-7H,8H2,1H3,(H,17,18,19). The molecule has 0 unspecified atom stereocenters. The minimum atomic E-state index is -4.35. The Balaban J connectivity index is 2.14.